The molecule has 0 saturated heterocycles. The summed E-state index contributed by atoms with van der Waals surface area (Å²) in [6.07, 6.45) is 2.83. The molecule has 0 bridgehead atoms. The van der Waals surface area contributed by atoms with Crippen molar-refractivity contribution in [3.8, 4) is 0 Å². The maximum Gasteiger partial charge on any atom is 0.264 e. The van der Waals surface area contributed by atoms with E-state index in [1.807, 2.05) is 0 Å². The molecule has 1 aromatic rings. The lowest BCUT2D eigenvalue weighted by atomic mass is 10.4. The van der Waals surface area contributed by atoms with Crippen LogP contribution in [0.15, 0.2) is 47.7 Å². The zero-order chi connectivity index (χ0) is 10.7. The lowest BCUT2D eigenvalue weighted by Crippen LogP contribution is -2.31. The van der Waals surface area contributed by atoms with Crippen LogP contribution in [0.1, 0.15) is 0 Å². The third-order valence-electron chi connectivity index (χ3n) is 2.10. The molecule has 0 spiro atoms. The van der Waals surface area contributed by atoms with E-state index < -0.39 is 10.0 Å². The molecule has 0 N–H and O–H groups in total. The van der Waals surface area contributed by atoms with Gasteiger partial charge in [-0.1, -0.05) is 18.2 Å². The zero-order valence-electron chi connectivity index (χ0n) is 8.04. The number of sulfonamides is 1. The van der Waals surface area contributed by atoms with Crippen molar-refractivity contribution in [3.05, 3.63) is 42.8 Å². The molecule has 0 aromatic heterocycles. The minimum Gasteiger partial charge on any atom is -0.498 e. The lowest BCUT2D eigenvalue weighted by molar-refractivity contribution is 0.208. The SMILES string of the molecule is O=S(=O)(c1ccccc1)N1C=COCC1. The molecule has 0 aliphatic carbocycles. The van der Waals surface area contributed by atoms with Gasteiger partial charge in [0.05, 0.1) is 23.9 Å². The lowest BCUT2D eigenvalue weighted by Gasteiger charge is -2.22. The number of hydrogen-bond donors (Lipinski definition) is 0. The van der Waals surface area contributed by atoms with Crippen LogP contribution in [0.25, 0.3) is 0 Å². The predicted octanol–water partition coefficient (Wildman–Crippen LogP) is 1.18. The van der Waals surface area contributed by atoms with Crippen molar-refractivity contribution in [3.63, 3.8) is 0 Å². The Labute approximate surface area is 88.8 Å². The van der Waals surface area contributed by atoms with Crippen LogP contribution >= 0.6 is 0 Å². The van der Waals surface area contributed by atoms with Gasteiger partial charge >= 0.3 is 0 Å². The molecule has 0 amide bonds. The van der Waals surface area contributed by atoms with E-state index in [0.717, 1.165) is 0 Å². The smallest absolute Gasteiger partial charge is 0.264 e. The normalized spacial score (nSPS) is 16.1. The molecule has 80 valence electrons. The fourth-order valence-electron chi connectivity index (χ4n) is 1.32. The van der Waals surface area contributed by atoms with Gasteiger partial charge in [-0.3, -0.25) is 4.31 Å². The van der Waals surface area contributed by atoms with Crippen molar-refractivity contribution >= 4 is 10.0 Å². The summed E-state index contributed by atoms with van der Waals surface area (Å²) in [6, 6.07) is 8.36. The highest BCUT2D eigenvalue weighted by atomic mass is 32.2. The summed E-state index contributed by atoms with van der Waals surface area (Å²) in [5.41, 5.74) is 0. The number of nitrogens with zero attached hydrogens (tertiary/aromatic N) is 1. The van der Waals surface area contributed by atoms with Gasteiger partial charge in [-0.2, -0.15) is 0 Å². The Balaban J connectivity index is 2.35. The molecule has 5 heteroatoms. The maximum absolute atomic E-state index is 12.0. The predicted molar refractivity (Wildman–Crippen MR) is 55.4 cm³/mol. The molecule has 0 saturated carbocycles. The van der Waals surface area contributed by atoms with E-state index in [9.17, 15) is 8.42 Å². The van der Waals surface area contributed by atoms with Crippen molar-refractivity contribution in [2.24, 2.45) is 0 Å². The highest BCUT2D eigenvalue weighted by molar-refractivity contribution is 7.89. The van der Waals surface area contributed by atoms with Crippen molar-refractivity contribution in [2.45, 2.75) is 4.90 Å². The summed E-state index contributed by atoms with van der Waals surface area (Å²) in [5, 5.41) is 0. The summed E-state index contributed by atoms with van der Waals surface area (Å²) in [7, 11) is -3.40. The summed E-state index contributed by atoms with van der Waals surface area (Å²) >= 11 is 0. The van der Waals surface area contributed by atoms with Crippen molar-refractivity contribution in [1.82, 2.24) is 4.31 Å². The van der Waals surface area contributed by atoms with E-state index in [0.29, 0.717) is 18.0 Å². The standard InChI is InChI=1S/C10H11NO3S/c12-15(13,10-4-2-1-3-5-10)11-6-8-14-9-7-11/h1-6,8H,7,9H2. The molecule has 1 aromatic carbocycles. The van der Waals surface area contributed by atoms with Crippen LogP contribution in [0.5, 0.6) is 0 Å². The van der Waals surface area contributed by atoms with Gasteiger partial charge in [0.1, 0.15) is 6.61 Å². The van der Waals surface area contributed by atoms with Crippen molar-refractivity contribution in [2.75, 3.05) is 13.2 Å². The van der Waals surface area contributed by atoms with Crippen LogP contribution in [0.4, 0.5) is 0 Å². The van der Waals surface area contributed by atoms with Crippen LogP contribution in [0.3, 0.4) is 0 Å². The Morgan fingerprint density at radius 1 is 1.20 bits per heavy atom. The highest BCUT2D eigenvalue weighted by Gasteiger charge is 2.22. The van der Waals surface area contributed by atoms with Gasteiger partial charge in [0.15, 0.2) is 0 Å². The third kappa shape index (κ3) is 1.97. The molecule has 0 fully saturated rings. The maximum atomic E-state index is 12.0. The van der Waals surface area contributed by atoms with Crippen molar-refractivity contribution in [1.29, 1.82) is 0 Å². The molecule has 0 radical (unpaired) electrons. The average molecular weight is 225 g/mol. The Hall–Kier alpha value is -1.49. The Bertz CT molecular complexity index is 453. The average Bonchev–Trinajstić information content (AvgIpc) is 2.31. The number of ether oxygens (including phenoxy) is 1. The first-order chi connectivity index (χ1) is 7.21. The molecular formula is C10H11NO3S. The van der Waals surface area contributed by atoms with E-state index >= 15 is 0 Å². The van der Waals surface area contributed by atoms with Gasteiger partial charge < -0.3 is 4.74 Å². The summed E-state index contributed by atoms with van der Waals surface area (Å²) in [6.45, 7) is 0.746. The fraction of sp³-hybridized carbons (Fsp3) is 0.200. The molecule has 0 unspecified atom stereocenters. The molecule has 15 heavy (non-hydrogen) atoms. The monoisotopic (exact) mass is 225 g/mol. The van der Waals surface area contributed by atoms with Crippen LogP contribution < -0.4 is 0 Å². The van der Waals surface area contributed by atoms with Gasteiger partial charge in [-0.05, 0) is 12.1 Å². The molecule has 0 atom stereocenters. The second-order valence-electron chi connectivity index (χ2n) is 3.08. The molecule has 4 nitrogen and oxygen atoms in total. The van der Waals surface area contributed by atoms with Gasteiger partial charge in [0.25, 0.3) is 10.0 Å². The number of hydrogen-bond acceptors (Lipinski definition) is 3. The van der Waals surface area contributed by atoms with Crippen molar-refractivity contribution < 1.29 is 13.2 Å². The Kier molecular flexibility index (Phi) is 2.64. The van der Waals surface area contributed by atoms with Gasteiger partial charge in [0.2, 0.25) is 0 Å². The molecule has 1 heterocycles. The van der Waals surface area contributed by atoms with Gasteiger partial charge in [0, 0.05) is 0 Å². The van der Waals surface area contributed by atoms with Gasteiger partial charge in [-0.25, -0.2) is 8.42 Å². The summed E-state index contributed by atoms with van der Waals surface area (Å²) in [4.78, 5) is 0.302. The topological polar surface area (TPSA) is 46.6 Å². The Morgan fingerprint density at radius 3 is 2.53 bits per heavy atom. The second-order valence-corrected chi connectivity index (χ2v) is 4.98. The highest BCUT2D eigenvalue weighted by Crippen LogP contribution is 2.16. The first-order valence-electron chi connectivity index (χ1n) is 4.56. The summed E-state index contributed by atoms with van der Waals surface area (Å²) < 4.78 is 30.2. The second kappa shape index (κ2) is 3.94. The van der Waals surface area contributed by atoms with Crippen LogP contribution in [0, 0.1) is 0 Å². The Morgan fingerprint density at radius 2 is 1.93 bits per heavy atom. The zero-order valence-corrected chi connectivity index (χ0v) is 8.85. The first kappa shape index (κ1) is 10.0. The third-order valence-corrected chi connectivity index (χ3v) is 3.89. The van der Waals surface area contributed by atoms with E-state index in [-0.39, 0.29) is 0 Å². The van der Waals surface area contributed by atoms with E-state index in [1.165, 1.54) is 16.8 Å². The number of rotatable bonds is 2. The minimum atomic E-state index is -3.40. The van der Waals surface area contributed by atoms with Crippen LogP contribution in [0.2, 0.25) is 0 Å². The van der Waals surface area contributed by atoms with E-state index in [4.69, 9.17) is 4.74 Å². The van der Waals surface area contributed by atoms with E-state index in [1.54, 1.807) is 30.3 Å². The quantitative estimate of drug-likeness (QED) is 0.759. The fourth-order valence-corrected chi connectivity index (χ4v) is 2.62. The minimum absolute atomic E-state index is 0.302. The van der Waals surface area contributed by atoms with Crippen LogP contribution in [-0.4, -0.2) is 25.9 Å². The summed E-state index contributed by atoms with van der Waals surface area (Å²) in [5.74, 6) is 0. The van der Waals surface area contributed by atoms with Crippen LogP contribution in [-0.2, 0) is 14.8 Å². The molecule has 1 aliphatic heterocycles. The molecular weight excluding hydrogens is 214 g/mol. The molecule has 1 aliphatic rings. The van der Waals surface area contributed by atoms with Gasteiger partial charge in [-0.15, -0.1) is 0 Å². The van der Waals surface area contributed by atoms with E-state index in [2.05, 4.69) is 0 Å². The number of benzene rings is 1. The largest absolute Gasteiger partial charge is 0.498 e. The first-order valence-corrected chi connectivity index (χ1v) is 6.00. The molecule has 2 rings (SSSR count).